The maximum absolute atomic E-state index is 13.5. The maximum Gasteiger partial charge on any atom is 0.263 e. The third-order valence-corrected chi connectivity index (χ3v) is 7.17. The van der Waals surface area contributed by atoms with Crippen LogP contribution in [0.5, 0.6) is 0 Å². The molecule has 35 heavy (non-hydrogen) atoms. The second-order valence-electron chi connectivity index (χ2n) is 9.47. The summed E-state index contributed by atoms with van der Waals surface area (Å²) in [5, 5.41) is 2.75. The van der Waals surface area contributed by atoms with Gasteiger partial charge in [-0.3, -0.25) is 29.2 Å². The number of rotatable bonds is 5. The average Bonchev–Trinajstić information content (AvgIpc) is 2.80. The third kappa shape index (κ3) is 5.01. The van der Waals surface area contributed by atoms with Crippen LogP contribution < -0.4 is 10.9 Å². The highest BCUT2D eigenvalue weighted by Gasteiger charge is 2.31. The van der Waals surface area contributed by atoms with Crippen molar-refractivity contribution in [1.29, 1.82) is 0 Å². The highest BCUT2D eigenvalue weighted by Crippen LogP contribution is 2.21. The molecule has 9 nitrogen and oxygen atoms in total. The topological polar surface area (TPSA) is 96.8 Å². The van der Waals surface area contributed by atoms with Crippen molar-refractivity contribution in [2.45, 2.75) is 44.7 Å². The zero-order chi connectivity index (χ0) is 24.4. The summed E-state index contributed by atoms with van der Waals surface area (Å²) in [4.78, 5) is 47.0. The second kappa shape index (κ2) is 10.3. The van der Waals surface area contributed by atoms with Gasteiger partial charge in [-0.15, -0.1) is 0 Å². The quantitative estimate of drug-likeness (QED) is 0.387. The third-order valence-electron chi connectivity index (χ3n) is 7.17. The number of hydrogen-bond donors (Lipinski definition) is 1. The number of ether oxygens (including phenoxy) is 1. The van der Waals surface area contributed by atoms with E-state index in [4.69, 9.17) is 4.74 Å². The van der Waals surface area contributed by atoms with Crippen molar-refractivity contribution < 1.29 is 14.3 Å². The van der Waals surface area contributed by atoms with Crippen LogP contribution in [0.1, 0.15) is 43.1 Å². The molecule has 0 spiro atoms. The first-order chi connectivity index (χ1) is 17.0. The minimum absolute atomic E-state index is 0.200. The molecule has 9 heteroatoms. The Morgan fingerprint density at radius 2 is 1.94 bits per heavy atom. The van der Waals surface area contributed by atoms with Crippen molar-refractivity contribution >= 4 is 22.7 Å². The maximum atomic E-state index is 13.5. The van der Waals surface area contributed by atoms with Crippen molar-refractivity contribution in [3.8, 4) is 11.8 Å². The van der Waals surface area contributed by atoms with E-state index in [1.807, 2.05) is 12.1 Å². The van der Waals surface area contributed by atoms with E-state index in [9.17, 15) is 14.4 Å². The molecule has 2 amide bonds. The Labute approximate surface area is 204 Å². The van der Waals surface area contributed by atoms with Gasteiger partial charge in [-0.2, -0.15) is 0 Å². The fraction of sp³-hybridized carbons (Fsp3) is 0.538. The van der Waals surface area contributed by atoms with Gasteiger partial charge in [0.05, 0.1) is 30.2 Å². The number of nitrogens with zero attached hydrogens (tertiary/aromatic N) is 4. The van der Waals surface area contributed by atoms with Crippen LogP contribution >= 0.6 is 0 Å². The molecule has 3 aliphatic rings. The SMILES string of the molecule is Cc1nc2cccc(C#CCCCN3CCN(C4COC4)CC3)c2c(=O)n1C1CCC(=O)NC1=O. The molecule has 1 N–H and O–H groups in total. The van der Waals surface area contributed by atoms with E-state index in [-0.39, 0.29) is 24.3 Å². The molecule has 2 aromatic rings. The lowest BCUT2D eigenvalue weighted by molar-refractivity contribution is -0.135. The molecule has 0 radical (unpaired) electrons. The molecular formula is C26H31N5O4. The van der Waals surface area contributed by atoms with E-state index in [1.54, 1.807) is 13.0 Å². The van der Waals surface area contributed by atoms with E-state index >= 15 is 0 Å². The summed E-state index contributed by atoms with van der Waals surface area (Å²) in [6, 6.07) is 5.34. The molecule has 1 aromatic heterocycles. The Morgan fingerprint density at radius 1 is 1.14 bits per heavy atom. The van der Waals surface area contributed by atoms with Gasteiger partial charge in [0.2, 0.25) is 11.8 Å². The van der Waals surface area contributed by atoms with Crippen molar-refractivity contribution in [2.24, 2.45) is 0 Å². The number of aryl methyl sites for hydroxylation is 1. The number of aromatic nitrogens is 2. The number of carbonyl (C=O) groups excluding carboxylic acids is 2. The molecule has 0 saturated carbocycles. The van der Waals surface area contributed by atoms with Crippen molar-refractivity contribution in [3.63, 3.8) is 0 Å². The summed E-state index contributed by atoms with van der Waals surface area (Å²) < 4.78 is 6.71. The standard InChI is InChI=1S/C26H31N5O4/c1-18-27-21-8-5-7-19(24(21)26(34)31(18)22-9-10-23(32)28-25(22)33)6-3-2-4-11-29-12-14-30(15-13-29)20-16-35-17-20/h5,7-8,20,22H,2,4,9-17H2,1H3,(H,28,32,33). The Balaban J connectivity index is 1.26. The lowest BCUT2D eigenvalue weighted by Gasteiger charge is -2.42. The molecule has 1 aromatic carbocycles. The number of fused-ring (bicyclic) bond motifs is 1. The lowest BCUT2D eigenvalue weighted by atomic mass is 10.0. The minimum atomic E-state index is -0.740. The van der Waals surface area contributed by atoms with E-state index in [0.29, 0.717) is 28.3 Å². The number of benzene rings is 1. The van der Waals surface area contributed by atoms with Gasteiger partial charge in [0.25, 0.3) is 5.56 Å². The summed E-state index contributed by atoms with van der Waals surface area (Å²) in [5.74, 6) is 6.08. The van der Waals surface area contributed by atoms with Crippen LogP contribution in [0, 0.1) is 18.8 Å². The summed E-state index contributed by atoms with van der Waals surface area (Å²) in [6.07, 6.45) is 2.21. The molecule has 0 aliphatic carbocycles. The first-order valence-electron chi connectivity index (χ1n) is 12.4. The van der Waals surface area contributed by atoms with Crippen LogP contribution in [0.4, 0.5) is 0 Å². The Bertz CT molecular complexity index is 1250. The number of piperidine rings is 1. The Kier molecular flexibility index (Phi) is 6.95. The normalized spacial score (nSPS) is 21.9. The minimum Gasteiger partial charge on any atom is -0.378 e. The van der Waals surface area contributed by atoms with Crippen LogP contribution in [-0.4, -0.2) is 83.1 Å². The number of carbonyl (C=O) groups is 2. The first kappa shape index (κ1) is 23.7. The number of imide groups is 1. The largest absolute Gasteiger partial charge is 0.378 e. The molecule has 4 heterocycles. The van der Waals surface area contributed by atoms with E-state index in [1.165, 1.54) is 4.57 Å². The van der Waals surface area contributed by atoms with Crippen LogP contribution in [0.25, 0.3) is 10.9 Å². The number of hydrogen-bond acceptors (Lipinski definition) is 7. The van der Waals surface area contributed by atoms with Gasteiger partial charge in [0.1, 0.15) is 11.9 Å². The Morgan fingerprint density at radius 3 is 2.66 bits per heavy atom. The van der Waals surface area contributed by atoms with E-state index < -0.39 is 11.9 Å². The Hall–Kier alpha value is -3.06. The molecule has 184 valence electrons. The molecule has 1 atom stereocenters. The fourth-order valence-corrected chi connectivity index (χ4v) is 5.09. The van der Waals surface area contributed by atoms with Gasteiger partial charge in [-0.1, -0.05) is 17.9 Å². The molecule has 0 bridgehead atoms. The van der Waals surface area contributed by atoms with Gasteiger partial charge >= 0.3 is 0 Å². The highest BCUT2D eigenvalue weighted by atomic mass is 16.5. The van der Waals surface area contributed by atoms with Crippen LogP contribution in [0.3, 0.4) is 0 Å². The van der Waals surface area contributed by atoms with Gasteiger partial charge in [0.15, 0.2) is 0 Å². The molecule has 3 fully saturated rings. The monoisotopic (exact) mass is 477 g/mol. The summed E-state index contributed by atoms with van der Waals surface area (Å²) in [5.41, 5.74) is 0.900. The van der Waals surface area contributed by atoms with Crippen LogP contribution in [0.15, 0.2) is 23.0 Å². The smallest absolute Gasteiger partial charge is 0.263 e. The van der Waals surface area contributed by atoms with Gasteiger partial charge in [-0.25, -0.2) is 4.98 Å². The zero-order valence-electron chi connectivity index (χ0n) is 20.1. The number of amides is 2. The zero-order valence-corrected chi connectivity index (χ0v) is 20.1. The van der Waals surface area contributed by atoms with Gasteiger partial charge in [0, 0.05) is 44.6 Å². The van der Waals surface area contributed by atoms with Crippen LogP contribution in [0.2, 0.25) is 0 Å². The summed E-state index contributed by atoms with van der Waals surface area (Å²) >= 11 is 0. The highest BCUT2D eigenvalue weighted by molar-refractivity contribution is 5.99. The number of piperazine rings is 1. The predicted molar refractivity (Wildman–Crippen MR) is 131 cm³/mol. The molecule has 3 aliphatic heterocycles. The predicted octanol–water partition coefficient (Wildman–Crippen LogP) is 0.831. The van der Waals surface area contributed by atoms with E-state index in [2.05, 4.69) is 31.9 Å². The van der Waals surface area contributed by atoms with Crippen LogP contribution in [-0.2, 0) is 14.3 Å². The van der Waals surface area contributed by atoms with Crippen molar-refractivity contribution in [3.05, 3.63) is 39.9 Å². The molecule has 1 unspecified atom stereocenters. The molecular weight excluding hydrogens is 446 g/mol. The first-order valence-corrected chi connectivity index (χ1v) is 12.4. The average molecular weight is 478 g/mol. The second-order valence-corrected chi connectivity index (χ2v) is 9.47. The van der Waals surface area contributed by atoms with Crippen molar-refractivity contribution in [1.82, 2.24) is 24.7 Å². The van der Waals surface area contributed by atoms with Gasteiger partial charge in [-0.05, 0) is 38.4 Å². The summed E-state index contributed by atoms with van der Waals surface area (Å²) in [6.45, 7) is 8.83. The number of nitrogens with one attached hydrogen (secondary N) is 1. The number of unbranched alkanes of at least 4 members (excludes halogenated alkanes) is 1. The molecule has 5 rings (SSSR count). The van der Waals surface area contributed by atoms with Crippen molar-refractivity contribution in [2.75, 3.05) is 45.9 Å². The van der Waals surface area contributed by atoms with E-state index in [0.717, 1.165) is 58.8 Å². The molecule has 3 saturated heterocycles. The van der Waals surface area contributed by atoms with Gasteiger partial charge < -0.3 is 9.64 Å². The lowest BCUT2D eigenvalue weighted by Crippen LogP contribution is -2.56. The fourth-order valence-electron chi connectivity index (χ4n) is 5.09. The summed E-state index contributed by atoms with van der Waals surface area (Å²) in [7, 11) is 0.